The minimum Gasteiger partial charge on any atom is -0.295 e. The molecule has 0 bridgehead atoms. The summed E-state index contributed by atoms with van der Waals surface area (Å²) < 4.78 is 23.5. The van der Waals surface area contributed by atoms with Crippen LogP contribution >= 0.6 is 23.2 Å². The first-order chi connectivity index (χ1) is 9.68. The van der Waals surface area contributed by atoms with Crippen molar-refractivity contribution in [1.29, 1.82) is 0 Å². The molecule has 0 fully saturated rings. The molecule has 1 aromatic heterocycles. The molecule has 7 nitrogen and oxygen atoms in total. The van der Waals surface area contributed by atoms with E-state index in [1.165, 1.54) is 12.1 Å². The fourth-order valence-corrected chi connectivity index (χ4v) is 2.61. The van der Waals surface area contributed by atoms with Gasteiger partial charge in [-0.25, -0.2) is 18.4 Å². The summed E-state index contributed by atoms with van der Waals surface area (Å²) in [7, 11) is -4.25. The van der Waals surface area contributed by atoms with Crippen molar-refractivity contribution in [3.63, 3.8) is 0 Å². The van der Waals surface area contributed by atoms with Gasteiger partial charge in [-0.15, -0.1) is 0 Å². The standard InChI is InChI=1S/C11H9Cl2N3O4S/c12-7-1-2-8(13)6(3-7)4-16-5-9(21(14,19)20)10(17)15-11(16)18/h1-3,5H,4H2,(H2,14,19,20)(H,15,17,18). The van der Waals surface area contributed by atoms with E-state index in [1.54, 1.807) is 6.07 Å². The molecule has 10 heteroatoms. The summed E-state index contributed by atoms with van der Waals surface area (Å²) >= 11 is 11.8. The van der Waals surface area contributed by atoms with Gasteiger partial charge in [-0.1, -0.05) is 23.2 Å². The van der Waals surface area contributed by atoms with E-state index in [4.69, 9.17) is 28.3 Å². The summed E-state index contributed by atoms with van der Waals surface area (Å²) in [5.41, 5.74) is -1.38. The fourth-order valence-electron chi connectivity index (χ4n) is 1.66. The Labute approximate surface area is 129 Å². The van der Waals surface area contributed by atoms with Crippen molar-refractivity contribution >= 4 is 33.2 Å². The molecule has 0 unspecified atom stereocenters. The molecule has 0 aliphatic heterocycles. The zero-order valence-corrected chi connectivity index (χ0v) is 12.7. The molecule has 0 amide bonds. The van der Waals surface area contributed by atoms with E-state index in [0.717, 1.165) is 10.8 Å². The van der Waals surface area contributed by atoms with E-state index in [9.17, 15) is 18.0 Å². The Morgan fingerprint density at radius 1 is 1.24 bits per heavy atom. The second-order valence-corrected chi connectivity index (χ2v) is 6.53. The summed E-state index contributed by atoms with van der Waals surface area (Å²) in [5.74, 6) is 0. The number of H-pyrrole nitrogens is 1. The Morgan fingerprint density at radius 2 is 1.90 bits per heavy atom. The number of hydrogen-bond acceptors (Lipinski definition) is 4. The summed E-state index contributed by atoms with van der Waals surface area (Å²) in [4.78, 5) is 24.3. The first-order valence-corrected chi connectivity index (χ1v) is 7.79. The number of aromatic nitrogens is 2. The zero-order chi connectivity index (χ0) is 15.8. The minimum absolute atomic E-state index is 0.0719. The molecule has 21 heavy (non-hydrogen) atoms. The highest BCUT2D eigenvalue weighted by atomic mass is 35.5. The quantitative estimate of drug-likeness (QED) is 0.841. The smallest absolute Gasteiger partial charge is 0.295 e. The zero-order valence-electron chi connectivity index (χ0n) is 10.3. The Kier molecular flexibility index (Phi) is 4.24. The number of hydrogen-bond donors (Lipinski definition) is 2. The van der Waals surface area contributed by atoms with Crippen LogP contribution in [-0.4, -0.2) is 18.0 Å². The van der Waals surface area contributed by atoms with Gasteiger partial charge < -0.3 is 0 Å². The molecule has 2 aromatic rings. The number of nitrogens with one attached hydrogen (secondary N) is 1. The van der Waals surface area contributed by atoms with Crippen LogP contribution in [0.3, 0.4) is 0 Å². The average molecular weight is 350 g/mol. The molecule has 0 aliphatic carbocycles. The Morgan fingerprint density at radius 3 is 2.52 bits per heavy atom. The third-order valence-electron chi connectivity index (χ3n) is 2.63. The predicted molar refractivity (Wildman–Crippen MR) is 78.3 cm³/mol. The van der Waals surface area contributed by atoms with Gasteiger partial charge in [0.1, 0.15) is 0 Å². The van der Waals surface area contributed by atoms with Crippen LogP contribution in [-0.2, 0) is 16.6 Å². The second kappa shape index (κ2) is 5.64. The summed E-state index contributed by atoms with van der Waals surface area (Å²) in [5, 5.41) is 5.66. The third-order valence-corrected chi connectivity index (χ3v) is 4.14. The maximum Gasteiger partial charge on any atom is 0.328 e. The van der Waals surface area contributed by atoms with Crippen LogP contribution in [0.1, 0.15) is 5.56 Å². The number of aromatic amines is 1. The molecule has 0 saturated carbocycles. The van der Waals surface area contributed by atoms with E-state index in [1.807, 2.05) is 4.98 Å². The maximum absolute atomic E-state index is 11.7. The van der Waals surface area contributed by atoms with Gasteiger partial charge in [0.15, 0.2) is 4.90 Å². The largest absolute Gasteiger partial charge is 0.328 e. The van der Waals surface area contributed by atoms with Crippen LogP contribution in [0.4, 0.5) is 0 Å². The number of sulfonamides is 1. The van der Waals surface area contributed by atoms with Gasteiger partial charge in [-0.2, -0.15) is 0 Å². The first-order valence-electron chi connectivity index (χ1n) is 5.49. The summed E-state index contributed by atoms with van der Waals surface area (Å²) in [6, 6.07) is 4.63. The van der Waals surface area contributed by atoms with Crippen LogP contribution < -0.4 is 16.4 Å². The molecule has 1 aromatic carbocycles. The van der Waals surface area contributed by atoms with Crippen LogP contribution in [0.25, 0.3) is 0 Å². The predicted octanol–water partition coefficient (Wildman–Crippen LogP) is 0.539. The van der Waals surface area contributed by atoms with Crippen molar-refractivity contribution in [3.8, 4) is 0 Å². The molecule has 0 radical (unpaired) electrons. The monoisotopic (exact) mass is 349 g/mol. The van der Waals surface area contributed by atoms with Crippen LogP contribution in [0.15, 0.2) is 38.9 Å². The van der Waals surface area contributed by atoms with Crippen molar-refractivity contribution in [2.75, 3.05) is 0 Å². The SMILES string of the molecule is NS(=O)(=O)c1cn(Cc2cc(Cl)ccc2Cl)c(=O)[nH]c1=O. The molecule has 2 rings (SSSR count). The fraction of sp³-hybridized carbons (Fsp3) is 0.0909. The molecule has 1 heterocycles. The second-order valence-electron chi connectivity index (χ2n) is 4.16. The molecule has 0 atom stereocenters. The van der Waals surface area contributed by atoms with Gasteiger partial charge in [0.05, 0.1) is 6.54 Å². The summed E-state index contributed by atoms with van der Waals surface area (Å²) in [6.07, 6.45) is 0.869. The van der Waals surface area contributed by atoms with E-state index in [2.05, 4.69) is 0 Å². The van der Waals surface area contributed by atoms with Gasteiger partial charge in [-0.3, -0.25) is 14.3 Å². The highest BCUT2D eigenvalue weighted by Crippen LogP contribution is 2.21. The van der Waals surface area contributed by atoms with Crippen molar-refractivity contribution in [2.24, 2.45) is 5.14 Å². The normalized spacial score (nSPS) is 11.6. The first kappa shape index (κ1) is 15.8. The highest BCUT2D eigenvalue weighted by molar-refractivity contribution is 7.89. The maximum atomic E-state index is 11.7. The number of halogens is 2. The Bertz CT molecular complexity index is 918. The molecule has 3 N–H and O–H groups in total. The lowest BCUT2D eigenvalue weighted by atomic mass is 10.2. The van der Waals surface area contributed by atoms with Gasteiger partial charge >= 0.3 is 5.69 Å². The summed E-state index contributed by atoms with van der Waals surface area (Å²) in [6.45, 7) is -0.0719. The van der Waals surface area contributed by atoms with Gasteiger partial charge in [0.2, 0.25) is 10.0 Å². The number of rotatable bonds is 3. The van der Waals surface area contributed by atoms with Crippen molar-refractivity contribution < 1.29 is 8.42 Å². The molecule has 0 aliphatic rings. The van der Waals surface area contributed by atoms with Crippen LogP contribution in [0.5, 0.6) is 0 Å². The lowest BCUT2D eigenvalue weighted by Gasteiger charge is -2.08. The number of benzene rings is 1. The van der Waals surface area contributed by atoms with Gasteiger partial charge in [0, 0.05) is 16.2 Å². The van der Waals surface area contributed by atoms with E-state index in [0.29, 0.717) is 15.6 Å². The molecular formula is C11H9Cl2N3O4S. The lowest BCUT2D eigenvalue weighted by Crippen LogP contribution is -2.34. The molecule has 0 spiro atoms. The lowest BCUT2D eigenvalue weighted by molar-refractivity contribution is 0.591. The Hall–Kier alpha value is -1.61. The highest BCUT2D eigenvalue weighted by Gasteiger charge is 2.16. The van der Waals surface area contributed by atoms with E-state index in [-0.39, 0.29) is 6.54 Å². The van der Waals surface area contributed by atoms with Crippen molar-refractivity contribution in [2.45, 2.75) is 11.4 Å². The average Bonchev–Trinajstić information content (AvgIpc) is 2.35. The van der Waals surface area contributed by atoms with Gasteiger partial charge in [0.25, 0.3) is 5.56 Å². The van der Waals surface area contributed by atoms with E-state index < -0.39 is 26.2 Å². The minimum atomic E-state index is -4.25. The van der Waals surface area contributed by atoms with Crippen molar-refractivity contribution in [1.82, 2.24) is 9.55 Å². The molecule has 112 valence electrons. The Balaban J connectivity index is 2.58. The number of primary sulfonamides is 1. The van der Waals surface area contributed by atoms with Crippen molar-refractivity contribution in [3.05, 3.63) is 60.8 Å². The van der Waals surface area contributed by atoms with Crippen LogP contribution in [0, 0.1) is 0 Å². The number of nitrogens with two attached hydrogens (primary N) is 1. The van der Waals surface area contributed by atoms with Gasteiger partial charge in [-0.05, 0) is 23.8 Å². The molecular weight excluding hydrogens is 341 g/mol. The third kappa shape index (κ3) is 3.53. The van der Waals surface area contributed by atoms with Crippen LogP contribution in [0.2, 0.25) is 10.0 Å². The molecule has 0 saturated heterocycles. The van der Waals surface area contributed by atoms with E-state index >= 15 is 0 Å². The number of nitrogens with zero attached hydrogens (tertiary/aromatic N) is 1. The topological polar surface area (TPSA) is 115 Å².